The molecule has 162 valence electrons. The fourth-order valence-corrected chi connectivity index (χ4v) is 5.87. The molecule has 4 rings (SSSR count). The Morgan fingerprint density at radius 3 is 2.59 bits per heavy atom. The molecule has 1 aliphatic carbocycles. The lowest BCUT2D eigenvalue weighted by atomic mass is 9.95. The van der Waals surface area contributed by atoms with Crippen molar-refractivity contribution >= 4 is 41.7 Å². The summed E-state index contributed by atoms with van der Waals surface area (Å²) < 4.78 is 19.2. The van der Waals surface area contributed by atoms with Gasteiger partial charge in [-0.25, -0.2) is 4.39 Å². The van der Waals surface area contributed by atoms with E-state index in [1.807, 2.05) is 30.9 Å². The van der Waals surface area contributed by atoms with Crippen LogP contribution in [0.5, 0.6) is 0 Å². The van der Waals surface area contributed by atoms with Gasteiger partial charge in [0.1, 0.15) is 5.82 Å². The summed E-state index contributed by atoms with van der Waals surface area (Å²) in [4.78, 5) is 7.04. The lowest BCUT2D eigenvalue weighted by Crippen LogP contribution is -2.60. The van der Waals surface area contributed by atoms with Crippen molar-refractivity contribution in [3.8, 4) is 0 Å². The monoisotopic (exact) mass is 534 g/mol. The third-order valence-electron chi connectivity index (χ3n) is 6.46. The Labute approximate surface area is 194 Å². The molecule has 1 aromatic carbocycles. The van der Waals surface area contributed by atoms with Gasteiger partial charge in [-0.15, -0.1) is 24.0 Å². The third kappa shape index (κ3) is 5.37. The molecular formula is C21H32FIN4OS. The Bertz CT molecular complexity index is 704. The number of guanidine groups is 1. The number of nitrogens with zero attached hydrogens (tertiary/aromatic N) is 2. The number of morpholine rings is 1. The Kier molecular flexibility index (Phi) is 8.08. The van der Waals surface area contributed by atoms with E-state index in [-0.39, 0.29) is 40.7 Å². The average molecular weight is 534 g/mol. The molecule has 0 amide bonds. The van der Waals surface area contributed by atoms with Gasteiger partial charge in [0.15, 0.2) is 5.96 Å². The molecule has 1 atom stereocenters. The smallest absolute Gasteiger partial charge is 0.191 e. The number of rotatable bonds is 6. The van der Waals surface area contributed by atoms with Gasteiger partial charge in [0.25, 0.3) is 0 Å². The Morgan fingerprint density at radius 1 is 1.21 bits per heavy atom. The van der Waals surface area contributed by atoms with Gasteiger partial charge < -0.3 is 15.4 Å². The molecule has 2 aliphatic heterocycles. The van der Waals surface area contributed by atoms with E-state index in [2.05, 4.69) is 20.5 Å². The van der Waals surface area contributed by atoms with E-state index in [1.54, 1.807) is 6.07 Å². The summed E-state index contributed by atoms with van der Waals surface area (Å²) >= 11 is 2.04. The van der Waals surface area contributed by atoms with Crippen LogP contribution in [0, 0.1) is 5.82 Å². The predicted molar refractivity (Wildman–Crippen MR) is 129 cm³/mol. The summed E-state index contributed by atoms with van der Waals surface area (Å²) in [6, 6.07) is 7.03. The van der Waals surface area contributed by atoms with Crippen LogP contribution >= 0.6 is 35.7 Å². The van der Waals surface area contributed by atoms with Crippen molar-refractivity contribution in [2.45, 2.75) is 30.2 Å². The first-order chi connectivity index (χ1) is 13.7. The van der Waals surface area contributed by atoms with Gasteiger partial charge in [0.2, 0.25) is 0 Å². The van der Waals surface area contributed by atoms with Gasteiger partial charge >= 0.3 is 0 Å². The van der Waals surface area contributed by atoms with Gasteiger partial charge in [-0.05, 0) is 42.7 Å². The lowest BCUT2D eigenvalue weighted by molar-refractivity contribution is -0.0120. The molecule has 8 heteroatoms. The van der Waals surface area contributed by atoms with Crippen LogP contribution in [0.15, 0.2) is 29.3 Å². The Hall–Kier alpha value is -0.580. The summed E-state index contributed by atoms with van der Waals surface area (Å²) in [5.74, 6) is 3.06. The van der Waals surface area contributed by atoms with Crippen molar-refractivity contribution in [1.29, 1.82) is 0 Å². The maximum Gasteiger partial charge on any atom is 0.191 e. The first-order valence-corrected chi connectivity index (χ1v) is 11.4. The second-order valence-electron chi connectivity index (χ2n) is 8.20. The summed E-state index contributed by atoms with van der Waals surface area (Å²) in [5.41, 5.74) is 1.32. The molecule has 0 spiro atoms. The molecule has 2 N–H and O–H groups in total. The topological polar surface area (TPSA) is 48.9 Å². The predicted octanol–water partition coefficient (Wildman–Crippen LogP) is 2.85. The summed E-state index contributed by atoms with van der Waals surface area (Å²) in [6.45, 7) is 5.36. The number of ether oxygens (including phenoxy) is 1. The van der Waals surface area contributed by atoms with Crippen LogP contribution in [0.3, 0.4) is 0 Å². The van der Waals surface area contributed by atoms with Crippen molar-refractivity contribution in [3.63, 3.8) is 0 Å². The highest BCUT2D eigenvalue weighted by atomic mass is 127. The fraction of sp³-hybridized carbons (Fsp3) is 0.667. The highest BCUT2D eigenvalue weighted by Gasteiger charge is 2.45. The normalized spacial score (nSPS) is 26.6. The largest absolute Gasteiger partial charge is 0.379 e. The zero-order valence-electron chi connectivity index (χ0n) is 17.1. The third-order valence-corrected chi connectivity index (χ3v) is 7.69. The highest BCUT2D eigenvalue weighted by molar-refractivity contribution is 14.0. The number of benzene rings is 1. The van der Waals surface area contributed by atoms with Crippen molar-refractivity contribution in [1.82, 2.24) is 15.5 Å². The zero-order valence-corrected chi connectivity index (χ0v) is 20.2. The van der Waals surface area contributed by atoms with Gasteiger partial charge in [-0.1, -0.05) is 12.1 Å². The number of thioether (sulfide) groups is 1. The van der Waals surface area contributed by atoms with E-state index in [1.165, 1.54) is 18.2 Å². The maximum absolute atomic E-state index is 13.6. The Morgan fingerprint density at radius 2 is 1.97 bits per heavy atom. The van der Waals surface area contributed by atoms with Crippen LogP contribution in [0.4, 0.5) is 4.39 Å². The van der Waals surface area contributed by atoms with E-state index in [0.717, 1.165) is 69.5 Å². The molecule has 29 heavy (non-hydrogen) atoms. The van der Waals surface area contributed by atoms with Crippen molar-refractivity contribution in [3.05, 3.63) is 35.6 Å². The molecular weight excluding hydrogens is 502 g/mol. The Balaban J connectivity index is 0.00000240. The second kappa shape index (κ2) is 10.2. The van der Waals surface area contributed by atoms with E-state index in [4.69, 9.17) is 4.74 Å². The molecule has 5 nitrogen and oxygen atoms in total. The number of hydrogen-bond acceptors (Lipinski definition) is 4. The van der Waals surface area contributed by atoms with Crippen molar-refractivity contribution in [2.75, 3.05) is 57.9 Å². The second-order valence-corrected chi connectivity index (χ2v) is 9.30. The van der Waals surface area contributed by atoms with Crippen molar-refractivity contribution in [2.24, 2.45) is 4.99 Å². The van der Waals surface area contributed by atoms with Crippen LogP contribution in [-0.4, -0.2) is 74.3 Å². The van der Waals surface area contributed by atoms with E-state index >= 15 is 0 Å². The van der Waals surface area contributed by atoms with E-state index in [9.17, 15) is 4.39 Å². The molecule has 3 fully saturated rings. The standard InChI is InChI=1S/C21H31FN4OS.HI/c1-23-19(24-14-20(5-6-20)17-3-2-4-18(22)13-17)25-15-21(7-12-28-16-21)26-8-10-27-11-9-26;/h2-4,13H,5-12,14-16H2,1H3,(H2,23,24,25);1H. The average Bonchev–Trinajstić information content (AvgIpc) is 3.37. The molecule has 1 saturated carbocycles. The van der Waals surface area contributed by atoms with Crippen LogP contribution < -0.4 is 10.6 Å². The molecule has 0 bridgehead atoms. The minimum Gasteiger partial charge on any atom is -0.379 e. The highest BCUT2D eigenvalue weighted by Crippen LogP contribution is 2.47. The fourth-order valence-electron chi connectivity index (χ4n) is 4.39. The van der Waals surface area contributed by atoms with Crippen LogP contribution in [0.25, 0.3) is 0 Å². The van der Waals surface area contributed by atoms with E-state index in [0.29, 0.717) is 0 Å². The quantitative estimate of drug-likeness (QED) is 0.334. The molecule has 2 saturated heterocycles. The lowest BCUT2D eigenvalue weighted by Gasteiger charge is -2.43. The number of nitrogens with one attached hydrogen (secondary N) is 2. The molecule has 2 heterocycles. The van der Waals surface area contributed by atoms with Crippen LogP contribution in [-0.2, 0) is 10.2 Å². The molecule has 0 radical (unpaired) electrons. The minimum absolute atomic E-state index is 0. The van der Waals surface area contributed by atoms with Crippen molar-refractivity contribution < 1.29 is 9.13 Å². The van der Waals surface area contributed by atoms with Gasteiger partial charge in [0, 0.05) is 49.9 Å². The van der Waals surface area contributed by atoms with E-state index < -0.39 is 0 Å². The van der Waals surface area contributed by atoms with Gasteiger partial charge in [-0.2, -0.15) is 11.8 Å². The summed E-state index contributed by atoms with van der Waals surface area (Å²) in [6.07, 6.45) is 3.39. The molecule has 1 aromatic rings. The van der Waals surface area contributed by atoms with Crippen LogP contribution in [0.2, 0.25) is 0 Å². The van der Waals surface area contributed by atoms with Crippen LogP contribution in [0.1, 0.15) is 24.8 Å². The van der Waals surface area contributed by atoms with Gasteiger partial charge in [0.05, 0.1) is 13.2 Å². The first-order valence-electron chi connectivity index (χ1n) is 10.3. The van der Waals surface area contributed by atoms with Gasteiger partial charge in [-0.3, -0.25) is 9.89 Å². The maximum atomic E-state index is 13.6. The summed E-state index contributed by atoms with van der Waals surface area (Å²) in [5, 5.41) is 7.08. The number of aliphatic imine (C=N–C) groups is 1. The number of halogens is 2. The molecule has 3 aliphatic rings. The molecule has 1 unspecified atom stereocenters. The number of hydrogen-bond donors (Lipinski definition) is 2. The SMILES string of the molecule is CN=C(NCC1(c2cccc(F)c2)CC1)NCC1(N2CCOCC2)CCSC1.I. The first kappa shape index (κ1) is 23.1. The molecule has 0 aromatic heterocycles. The minimum atomic E-state index is -0.155. The zero-order chi connectivity index (χ0) is 19.5. The summed E-state index contributed by atoms with van der Waals surface area (Å²) in [7, 11) is 1.82.